The third-order valence-electron chi connectivity index (χ3n) is 3.55. The second-order valence-corrected chi connectivity index (χ2v) is 5.65. The molecule has 2 heterocycles. The van der Waals surface area contributed by atoms with Gasteiger partial charge in [0, 0.05) is 16.9 Å². The Labute approximate surface area is 113 Å². The normalized spacial score (nSPS) is 18.2. The molecule has 0 aliphatic carbocycles. The van der Waals surface area contributed by atoms with Gasteiger partial charge in [0.05, 0.1) is 17.5 Å². The van der Waals surface area contributed by atoms with Crippen LogP contribution in [0, 0.1) is 6.92 Å². The fourth-order valence-corrected chi connectivity index (χ4v) is 2.96. The van der Waals surface area contributed by atoms with Crippen LogP contribution in [0.2, 0.25) is 0 Å². The van der Waals surface area contributed by atoms with Crippen LogP contribution in [0.15, 0.2) is 16.6 Å². The number of nitrogens with zero attached hydrogens (tertiary/aromatic N) is 2. The van der Waals surface area contributed by atoms with Crippen molar-refractivity contribution >= 4 is 32.9 Å². The zero-order valence-corrected chi connectivity index (χ0v) is 11.6. The lowest BCUT2D eigenvalue weighted by Crippen LogP contribution is -2.04. The van der Waals surface area contributed by atoms with Crippen LogP contribution in [0.4, 0.5) is 0 Å². The number of hydrogen-bond donors (Lipinski definition) is 1. The van der Waals surface area contributed by atoms with E-state index >= 15 is 0 Å². The standard InChI is InChI=1S/C13H13BrN2O2/c1-7-4-11-10(6-9(7)14)15-13-8(5-12(17)18)2-3-16(11)13/h4,6,8H,2-3,5H2,1H3,(H,17,18). The average Bonchev–Trinajstić information content (AvgIpc) is 2.80. The Kier molecular flexibility index (Phi) is 2.66. The summed E-state index contributed by atoms with van der Waals surface area (Å²) < 4.78 is 3.20. The molecule has 0 amide bonds. The van der Waals surface area contributed by atoms with Crippen molar-refractivity contribution in [2.75, 3.05) is 0 Å². The van der Waals surface area contributed by atoms with Gasteiger partial charge in [-0.15, -0.1) is 0 Å². The molecule has 1 aliphatic rings. The molecule has 94 valence electrons. The zero-order chi connectivity index (χ0) is 12.9. The summed E-state index contributed by atoms with van der Waals surface area (Å²) in [5, 5.41) is 8.92. The van der Waals surface area contributed by atoms with Crippen LogP contribution in [-0.2, 0) is 11.3 Å². The highest BCUT2D eigenvalue weighted by atomic mass is 79.9. The molecule has 4 nitrogen and oxygen atoms in total. The molecule has 1 aromatic heterocycles. The highest BCUT2D eigenvalue weighted by Gasteiger charge is 2.28. The maximum absolute atomic E-state index is 10.8. The molecule has 1 N–H and O–H groups in total. The fourth-order valence-electron chi connectivity index (χ4n) is 2.63. The fraction of sp³-hybridized carbons (Fsp3) is 0.385. The Hall–Kier alpha value is -1.36. The first-order valence-electron chi connectivity index (χ1n) is 5.94. The van der Waals surface area contributed by atoms with Gasteiger partial charge in [-0.2, -0.15) is 0 Å². The number of aryl methyl sites for hydroxylation is 2. The molecule has 3 rings (SSSR count). The number of carbonyl (C=O) groups is 1. The molecule has 5 heteroatoms. The lowest BCUT2D eigenvalue weighted by atomic mass is 10.0. The molecule has 0 radical (unpaired) electrons. The third kappa shape index (κ3) is 1.73. The van der Waals surface area contributed by atoms with Gasteiger partial charge in [0.15, 0.2) is 0 Å². The second kappa shape index (κ2) is 4.09. The summed E-state index contributed by atoms with van der Waals surface area (Å²) in [4.78, 5) is 15.4. The van der Waals surface area contributed by atoms with E-state index in [-0.39, 0.29) is 12.3 Å². The van der Waals surface area contributed by atoms with Gasteiger partial charge in [-0.05, 0) is 31.0 Å². The Morgan fingerprint density at radius 3 is 3.11 bits per heavy atom. The van der Waals surface area contributed by atoms with E-state index in [2.05, 4.69) is 31.5 Å². The van der Waals surface area contributed by atoms with E-state index in [1.165, 1.54) is 5.56 Å². The van der Waals surface area contributed by atoms with Gasteiger partial charge in [0.2, 0.25) is 0 Å². The summed E-state index contributed by atoms with van der Waals surface area (Å²) in [7, 11) is 0. The topological polar surface area (TPSA) is 55.1 Å². The van der Waals surface area contributed by atoms with Gasteiger partial charge in [0.25, 0.3) is 0 Å². The van der Waals surface area contributed by atoms with Crippen molar-refractivity contribution in [2.24, 2.45) is 0 Å². The number of imidazole rings is 1. The maximum Gasteiger partial charge on any atom is 0.304 e. The predicted octanol–water partition coefficient (Wildman–Crippen LogP) is 3.07. The van der Waals surface area contributed by atoms with Gasteiger partial charge in [0.1, 0.15) is 5.82 Å². The van der Waals surface area contributed by atoms with Crippen LogP contribution in [-0.4, -0.2) is 20.6 Å². The van der Waals surface area contributed by atoms with Crippen LogP contribution in [0.1, 0.15) is 30.1 Å². The molecule has 0 spiro atoms. The highest BCUT2D eigenvalue weighted by molar-refractivity contribution is 9.10. The van der Waals surface area contributed by atoms with E-state index in [1.807, 2.05) is 13.0 Å². The molecule has 1 unspecified atom stereocenters. The second-order valence-electron chi connectivity index (χ2n) is 4.80. The molecule has 1 atom stereocenters. The first-order valence-corrected chi connectivity index (χ1v) is 6.73. The Balaban J connectivity index is 2.12. The minimum absolute atomic E-state index is 0.0500. The molecular weight excluding hydrogens is 296 g/mol. The molecule has 0 saturated heterocycles. The number of halogens is 1. The van der Waals surface area contributed by atoms with Crippen molar-refractivity contribution < 1.29 is 9.90 Å². The van der Waals surface area contributed by atoms with Crippen molar-refractivity contribution in [3.63, 3.8) is 0 Å². The highest BCUT2D eigenvalue weighted by Crippen LogP contribution is 2.35. The molecular formula is C13H13BrN2O2. The Morgan fingerprint density at radius 1 is 1.61 bits per heavy atom. The van der Waals surface area contributed by atoms with Gasteiger partial charge >= 0.3 is 5.97 Å². The number of hydrogen-bond acceptors (Lipinski definition) is 2. The van der Waals surface area contributed by atoms with E-state index in [4.69, 9.17) is 5.11 Å². The smallest absolute Gasteiger partial charge is 0.304 e. The van der Waals surface area contributed by atoms with Crippen LogP contribution in [0.25, 0.3) is 11.0 Å². The predicted molar refractivity (Wildman–Crippen MR) is 71.8 cm³/mol. The molecule has 18 heavy (non-hydrogen) atoms. The average molecular weight is 309 g/mol. The van der Waals surface area contributed by atoms with Crippen molar-refractivity contribution in [2.45, 2.75) is 32.2 Å². The van der Waals surface area contributed by atoms with Crippen LogP contribution >= 0.6 is 15.9 Å². The summed E-state index contributed by atoms with van der Waals surface area (Å²) in [5.74, 6) is 0.219. The number of rotatable bonds is 2. The molecule has 1 aliphatic heterocycles. The molecule has 1 aromatic carbocycles. The van der Waals surface area contributed by atoms with E-state index in [1.54, 1.807) is 0 Å². The number of benzene rings is 1. The van der Waals surface area contributed by atoms with Gasteiger partial charge in [-0.25, -0.2) is 4.98 Å². The summed E-state index contributed by atoms with van der Waals surface area (Å²) in [6.07, 6.45) is 1.04. The summed E-state index contributed by atoms with van der Waals surface area (Å²) in [5.41, 5.74) is 3.23. The number of carboxylic acid groups (broad SMARTS) is 1. The van der Waals surface area contributed by atoms with Crippen molar-refractivity contribution in [1.82, 2.24) is 9.55 Å². The van der Waals surface area contributed by atoms with Crippen LogP contribution in [0.3, 0.4) is 0 Å². The number of aliphatic carboxylic acids is 1. The number of carboxylic acids is 1. The number of aromatic nitrogens is 2. The number of fused-ring (bicyclic) bond motifs is 3. The zero-order valence-electron chi connectivity index (χ0n) is 9.98. The van der Waals surface area contributed by atoms with Gasteiger partial charge in [-0.3, -0.25) is 4.79 Å². The minimum Gasteiger partial charge on any atom is -0.481 e. The first-order chi connectivity index (χ1) is 8.56. The Morgan fingerprint density at radius 2 is 2.39 bits per heavy atom. The van der Waals surface area contributed by atoms with Gasteiger partial charge < -0.3 is 9.67 Å². The summed E-state index contributed by atoms with van der Waals surface area (Å²) in [6, 6.07) is 4.12. The van der Waals surface area contributed by atoms with Crippen molar-refractivity contribution in [3.8, 4) is 0 Å². The van der Waals surface area contributed by atoms with Gasteiger partial charge in [-0.1, -0.05) is 15.9 Å². The molecule has 0 fully saturated rings. The van der Waals surface area contributed by atoms with Crippen molar-refractivity contribution in [1.29, 1.82) is 0 Å². The molecule has 0 bridgehead atoms. The van der Waals surface area contributed by atoms with Crippen molar-refractivity contribution in [3.05, 3.63) is 28.0 Å². The SMILES string of the molecule is Cc1cc2c(cc1Br)nc1n2CCC1CC(=O)O. The summed E-state index contributed by atoms with van der Waals surface area (Å²) >= 11 is 3.50. The first kappa shape index (κ1) is 11.7. The lowest BCUT2D eigenvalue weighted by molar-refractivity contribution is -0.137. The molecule has 2 aromatic rings. The largest absolute Gasteiger partial charge is 0.481 e. The monoisotopic (exact) mass is 308 g/mol. The maximum atomic E-state index is 10.8. The lowest BCUT2D eigenvalue weighted by Gasteiger charge is -2.02. The Bertz CT molecular complexity index is 648. The summed E-state index contributed by atoms with van der Waals surface area (Å²) in [6.45, 7) is 2.91. The van der Waals surface area contributed by atoms with E-state index in [0.717, 1.165) is 34.3 Å². The third-order valence-corrected chi connectivity index (χ3v) is 4.40. The van der Waals surface area contributed by atoms with Crippen LogP contribution < -0.4 is 0 Å². The molecule has 0 saturated carbocycles. The quantitative estimate of drug-likeness (QED) is 0.927. The van der Waals surface area contributed by atoms with E-state index in [9.17, 15) is 4.79 Å². The van der Waals surface area contributed by atoms with E-state index in [0.29, 0.717) is 0 Å². The van der Waals surface area contributed by atoms with E-state index < -0.39 is 5.97 Å². The van der Waals surface area contributed by atoms with Crippen LogP contribution in [0.5, 0.6) is 0 Å². The minimum atomic E-state index is -0.752.